The lowest BCUT2D eigenvalue weighted by molar-refractivity contribution is 0.0618. The highest BCUT2D eigenvalue weighted by atomic mass is 32.2. The molecular formula is C25H29N3O3S. The SMILES string of the molecule is O=S(=O)(c1cccc2ccccc12)N1CCN([C@@H]2CN(Cc3ccccc3)C[C@H]2O)CC1. The number of piperazine rings is 1. The summed E-state index contributed by atoms with van der Waals surface area (Å²) >= 11 is 0. The minimum absolute atomic E-state index is 0.0427. The van der Waals surface area contributed by atoms with Crippen LogP contribution in [0.1, 0.15) is 5.56 Å². The van der Waals surface area contributed by atoms with Gasteiger partial charge in [0.2, 0.25) is 10.0 Å². The van der Waals surface area contributed by atoms with Gasteiger partial charge in [0.25, 0.3) is 0 Å². The standard InChI is InChI=1S/C25H29N3O3S/c29-24-19-26(17-20-7-2-1-3-8-20)18-23(24)27-13-15-28(16-14-27)32(30,31)25-12-6-10-21-9-4-5-11-22(21)25/h1-12,23-24,29H,13-19H2/t23-,24-/m1/s1. The second-order valence-corrected chi connectivity index (χ2v) is 10.6. The Labute approximate surface area is 189 Å². The third-order valence-electron chi connectivity index (χ3n) is 6.69. The fourth-order valence-corrected chi connectivity index (χ4v) is 6.65. The number of benzene rings is 3. The average molecular weight is 452 g/mol. The molecule has 0 amide bonds. The van der Waals surface area contributed by atoms with Crippen LogP contribution >= 0.6 is 0 Å². The minimum Gasteiger partial charge on any atom is -0.390 e. The molecule has 3 aromatic carbocycles. The first-order valence-corrected chi connectivity index (χ1v) is 12.6. The van der Waals surface area contributed by atoms with Gasteiger partial charge in [-0.3, -0.25) is 9.80 Å². The van der Waals surface area contributed by atoms with Gasteiger partial charge in [-0.2, -0.15) is 4.31 Å². The van der Waals surface area contributed by atoms with E-state index in [2.05, 4.69) is 21.9 Å². The Kier molecular flexibility index (Phi) is 6.01. The molecule has 0 saturated carbocycles. The van der Waals surface area contributed by atoms with Gasteiger partial charge < -0.3 is 5.11 Å². The summed E-state index contributed by atoms with van der Waals surface area (Å²) in [5, 5.41) is 12.4. The molecule has 32 heavy (non-hydrogen) atoms. The molecule has 0 bridgehead atoms. The van der Waals surface area contributed by atoms with E-state index in [4.69, 9.17) is 0 Å². The zero-order valence-electron chi connectivity index (χ0n) is 18.0. The molecule has 2 fully saturated rings. The van der Waals surface area contributed by atoms with Gasteiger partial charge in [0.15, 0.2) is 0 Å². The molecule has 2 saturated heterocycles. The maximum Gasteiger partial charge on any atom is 0.243 e. The van der Waals surface area contributed by atoms with Crippen LogP contribution in [-0.4, -0.2) is 79.0 Å². The van der Waals surface area contributed by atoms with E-state index >= 15 is 0 Å². The van der Waals surface area contributed by atoms with E-state index in [9.17, 15) is 13.5 Å². The van der Waals surface area contributed by atoms with Crippen molar-refractivity contribution in [3.8, 4) is 0 Å². The lowest BCUT2D eigenvalue weighted by Crippen LogP contribution is -2.54. The van der Waals surface area contributed by atoms with Crippen molar-refractivity contribution in [1.29, 1.82) is 0 Å². The van der Waals surface area contributed by atoms with E-state index < -0.39 is 16.1 Å². The van der Waals surface area contributed by atoms with E-state index in [1.807, 2.05) is 54.6 Å². The number of nitrogens with zero attached hydrogens (tertiary/aromatic N) is 3. The molecule has 7 heteroatoms. The van der Waals surface area contributed by atoms with Crippen LogP contribution in [0.4, 0.5) is 0 Å². The van der Waals surface area contributed by atoms with Gasteiger partial charge in [0.1, 0.15) is 0 Å². The van der Waals surface area contributed by atoms with Crippen LogP contribution in [0.25, 0.3) is 10.8 Å². The van der Waals surface area contributed by atoms with Crippen LogP contribution < -0.4 is 0 Å². The number of rotatable bonds is 5. The number of sulfonamides is 1. The van der Waals surface area contributed by atoms with Crippen molar-refractivity contribution in [3.63, 3.8) is 0 Å². The van der Waals surface area contributed by atoms with Crippen LogP contribution in [0.5, 0.6) is 0 Å². The number of hydrogen-bond donors (Lipinski definition) is 1. The van der Waals surface area contributed by atoms with Gasteiger partial charge in [-0.1, -0.05) is 66.7 Å². The predicted octanol–water partition coefficient (Wildman–Crippen LogP) is 2.39. The van der Waals surface area contributed by atoms with Crippen molar-refractivity contribution >= 4 is 20.8 Å². The molecule has 0 spiro atoms. The third-order valence-corrected chi connectivity index (χ3v) is 8.65. The summed E-state index contributed by atoms with van der Waals surface area (Å²) in [6.07, 6.45) is -0.417. The molecular weight excluding hydrogens is 422 g/mol. The second kappa shape index (κ2) is 8.92. The van der Waals surface area contributed by atoms with Crippen molar-refractivity contribution in [2.24, 2.45) is 0 Å². The van der Waals surface area contributed by atoms with E-state index in [0.29, 0.717) is 37.6 Å². The average Bonchev–Trinajstić information content (AvgIpc) is 3.19. The Morgan fingerprint density at radius 3 is 2.28 bits per heavy atom. The minimum atomic E-state index is -3.57. The monoisotopic (exact) mass is 451 g/mol. The molecule has 3 aromatic rings. The molecule has 0 radical (unpaired) electrons. The highest BCUT2D eigenvalue weighted by molar-refractivity contribution is 7.89. The Morgan fingerprint density at radius 2 is 1.50 bits per heavy atom. The van der Waals surface area contributed by atoms with E-state index in [1.165, 1.54) is 5.56 Å². The van der Waals surface area contributed by atoms with Crippen molar-refractivity contribution in [2.45, 2.75) is 23.6 Å². The maximum absolute atomic E-state index is 13.4. The molecule has 6 nitrogen and oxygen atoms in total. The smallest absolute Gasteiger partial charge is 0.243 e. The summed E-state index contributed by atoms with van der Waals surface area (Å²) in [7, 11) is -3.57. The Bertz CT molecular complexity index is 1170. The zero-order valence-corrected chi connectivity index (χ0v) is 18.9. The molecule has 2 aliphatic heterocycles. The lowest BCUT2D eigenvalue weighted by Gasteiger charge is -2.38. The van der Waals surface area contributed by atoms with E-state index in [-0.39, 0.29) is 6.04 Å². The fraction of sp³-hybridized carbons (Fsp3) is 0.360. The van der Waals surface area contributed by atoms with Gasteiger partial charge in [-0.05, 0) is 17.0 Å². The summed E-state index contributed by atoms with van der Waals surface area (Å²) in [6.45, 7) is 4.40. The fourth-order valence-electron chi connectivity index (χ4n) is 5.01. The van der Waals surface area contributed by atoms with Crippen molar-refractivity contribution < 1.29 is 13.5 Å². The predicted molar refractivity (Wildman–Crippen MR) is 126 cm³/mol. The summed E-state index contributed by atoms with van der Waals surface area (Å²) in [5.41, 5.74) is 1.24. The van der Waals surface area contributed by atoms with Crippen LogP contribution in [0.15, 0.2) is 77.7 Å². The molecule has 168 valence electrons. The van der Waals surface area contributed by atoms with Gasteiger partial charge >= 0.3 is 0 Å². The maximum atomic E-state index is 13.4. The molecule has 0 aromatic heterocycles. The van der Waals surface area contributed by atoms with Crippen LogP contribution in [-0.2, 0) is 16.6 Å². The number of aliphatic hydroxyl groups is 1. The number of aliphatic hydroxyl groups excluding tert-OH is 1. The number of likely N-dealkylation sites (tertiary alicyclic amines) is 1. The van der Waals surface area contributed by atoms with Crippen LogP contribution in [0.2, 0.25) is 0 Å². The zero-order chi connectivity index (χ0) is 22.1. The highest BCUT2D eigenvalue weighted by Crippen LogP contribution is 2.27. The first kappa shape index (κ1) is 21.6. The summed E-state index contributed by atoms with van der Waals surface area (Å²) in [6, 6.07) is 23.4. The van der Waals surface area contributed by atoms with Gasteiger partial charge in [0, 0.05) is 57.2 Å². The molecule has 0 unspecified atom stereocenters. The summed E-state index contributed by atoms with van der Waals surface area (Å²) in [5.74, 6) is 0. The first-order chi connectivity index (χ1) is 15.5. The highest BCUT2D eigenvalue weighted by Gasteiger charge is 2.38. The number of hydrogen-bond acceptors (Lipinski definition) is 5. The van der Waals surface area contributed by atoms with Gasteiger partial charge in [-0.25, -0.2) is 8.42 Å². The summed E-state index contributed by atoms with van der Waals surface area (Å²) < 4.78 is 28.4. The summed E-state index contributed by atoms with van der Waals surface area (Å²) in [4.78, 5) is 4.91. The number of β-amino-alcohol motifs (C(OH)–C–C–N with tert-alkyl or cyclic N) is 1. The van der Waals surface area contributed by atoms with Crippen molar-refractivity contribution in [3.05, 3.63) is 78.4 Å². The Morgan fingerprint density at radius 1 is 0.812 bits per heavy atom. The van der Waals surface area contributed by atoms with Gasteiger partial charge in [-0.15, -0.1) is 0 Å². The molecule has 5 rings (SSSR count). The molecule has 1 N–H and O–H groups in total. The normalized spacial score (nSPS) is 23.7. The van der Waals surface area contributed by atoms with E-state index in [1.54, 1.807) is 10.4 Å². The third kappa shape index (κ3) is 4.19. The van der Waals surface area contributed by atoms with Crippen molar-refractivity contribution in [2.75, 3.05) is 39.3 Å². The first-order valence-electron chi connectivity index (χ1n) is 11.2. The Hall–Kier alpha value is -2.29. The van der Waals surface area contributed by atoms with E-state index in [0.717, 1.165) is 23.9 Å². The second-order valence-electron chi connectivity index (χ2n) is 8.73. The quantitative estimate of drug-likeness (QED) is 0.645. The van der Waals surface area contributed by atoms with Crippen LogP contribution in [0, 0.1) is 0 Å². The van der Waals surface area contributed by atoms with Crippen molar-refractivity contribution in [1.82, 2.24) is 14.1 Å². The van der Waals surface area contributed by atoms with Gasteiger partial charge in [0.05, 0.1) is 11.0 Å². The topological polar surface area (TPSA) is 64.1 Å². The molecule has 2 atom stereocenters. The Balaban J connectivity index is 1.25. The largest absolute Gasteiger partial charge is 0.390 e. The lowest BCUT2D eigenvalue weighted by atomic mass is 10.1. The van der Waals surface area contributed by atoms with Crippen LogP contribution in [0.3, 0.4) is 0 Å². The molecule has 2 heterocycles. The molecule has 0 aliphatic carbocycles. The molecule has 2 aliphatic rings. The number of fused-ring (bicyclic) bond motifs is 1.